The van der Waals surface area contributed by atoms with Crippen molar-refractivity contribution in [1.29, 1.82) is 0 Å². The van der Waals surface area contributed by atoms with Gasteiger partial charge in [0.15, 0.2) is 0 Å². The van der Waals surface area contributed by atoms with Gasteiger partial charge < -0.3 is 9.84 Å². The summed E-state index contributed by atoms with van der Waals surface area (Å²) >= 11 is 0. The number of nitrogens with one attached hydrogen (secondary N) is 1. The van der Waals surface area contributed by atoms with E-state index in [1.54, 1.807) is 0 Å². The van der Waals surface area contributed by atoms with Gasteiger partial charge in [-0.2, -0.15) is 0 Å². The minimum absolute atomic E-state index is 0.0319. The monoisotopic (exact) mass is 228 g/mol. The maximum absolute atomic E-state index is 11.3. The molecular formula is C9H12N2O5. The van der Waals surface area contributed by atoms with Crippen LogP contribution in [0.25, 0.3) is 0 Å². The van der Waals surface area contributed by atoms with Gasteiger partial charge in [0.05, 0.1) is 19.1 Å². The van der Waals surface area contributed by atoms with Crippen LogP contribution >= 0.6 is 0 Å². The van der Waals surface area contributed by atoms with Crippen molar-refractivity contribution in [2.24, 2.45) is 0 Å². The van der Waals surface area contributed by atoms with Crippen LogP contribution in [0.4, 0.5) is 0 Å². The molecule has 0 aliphatic rings. The van der Waals surface area contributed by atoms with E-state index in [9.17, 15) is 19.5 Å². The Morgan fingerprint density at radius 2 is 2.12 bits per heavy atom. The van der Waals surface area contributed by atoms with E-state index in [0.29, 0.717) is 0 Å². The van der Waals surface area contributed by atoms with E-state index >= 15 is 0 Å². The summed E-state index contributed by atoms with van der Waals surface area (Å²) < 4.78 is 5.31. The molecule has 0 aromatic carbocycles. The highest BCUT2D eigenvalue weighted by molar-refractivity contribution is 5.69. The zero-order valence-corrected chi connectivity index (χ0v) is 8.94. The van der Waals surface area contributed by atoms with E-state index < -0.39 is 23.1 Å². The number of aromatic hydroxyl groups is 1. The molecule has 16 heavy (non-hydrogen) atoms. The molecule has 0 spiro atoms. The molecule has 88 valence electrons. The second-order valence-electron chi connectivity index (χ2n) is 3.19. The summed E-state index contributed by atoms with van der Waals surface area (Å²) in [4.78, 5) is 35.3. The molecule has 0 saturated heterocycles. The normalized spacial score (nSPS) is 10.1. The summed E-state index contributed by atoms with van der Waals surface area (Å²) in [5.41, 5.74) is -1.36. The molecule has 1 aromatic heterocycles. The van der Waals surface area contributed by atoms with E-state index in [1.165, 1.54) is 14.0 Å². The number of ether oxygens (including phenoxy) is 1. The second kappa shape index (κ2) is 4.65. The fraction of sp³-hybridized carbons (Fsp3) is 0.444. The number of rotatable bonds is 3. The lowest BCUT2D eigenvalue weighted by molar-refractivity contribution is -0.140. The molecule has 0 saturated carbocycles. The van der Waals surface area contributed by atoms with Crippen molar-refractivity contribution in [1.82, 2.24) is 9.55 Å². The van der Waals surface area contributed by atoms with Gasteiger partial charge in [-0.25, -0.2) is 4.79 Å². The van der Waals surface area contributed by atoms with Crippen molar-refractivity contribution in [3.05, 3.63) is 26.4 Å². The highest BCUT2D eigenvalue weighted by atomic mass is 16.5. The van der Waals surface area contributed by atoms with E-state index in [1.807, 2.05) is 4.98 Å². The minimum Gasteiger partial charge on any atom is -0.494 e. The quantitative estimate of drug-likeness (QED) is 0.654. The topological polar surface area (TPSA) is 101 Å². The van der Waals surface area contributed by atoms with Crippen LogP contribution < -0.4 is 11.2 Å². The minimum atomic E-state index is -0.753. The van der Waals surface area contributed by atoms with Gasteiger partial charge in [0.1, 0.15) is 0 Å². The number of esters is 1. The Kier molecular flexibility index (Phi) is 3.49. The Hall–Kier alpha value is -2.05. The lowest BCUT2D eigenvalue weighted by Gasteiger charge is -2.08. The van der Waals surface area contributed by atoms with Crippen LogP contribution in [0, 0.1) is 6.92 Å². The van der Waals surface area contributed by atoms with Gasteiger partial charge >= 0.3 is 11.7 Å². The highest BCUT2D eigenvalue weighted by Crippen LogP contribution is 2.08. The van der Waals surface area contributed by atoms with E-state index in [0.717, 1.165) is 4.57 Å². The van der Waals surface area contributed by atoms with Crippen molar-refractivity contribution in [2.75, 3.05) is 7.11 Å². The number of nitrogens with zero attached hydrogens (tertiary/aromatic N) is 1. The number of aromatic amines is 1. The summed E-state index contributed by atoms with van der Waals surface area (Å²) in [6, 6.07) is 0. The number of carbonyl (C=O) groups excluding carboxylic acids is 1. The third kappa shape index (κ3) is 2.30. The van der Waals surface area contributed by atoms with Crippen LogP contribution in [-0.2, 0) is 16.1 Å². The van der Waals surface area contributed by atoms with Gasteiger partial charge in [-0.3, -0.25) is 19.1 Å². The number of carbonyl (C=O) groups is 1. The first-order chi connectivity index (χ1) is 7.47. The zero-order valence-electron chi connectivity index (χ0n) is 8.94. The highest BCUT2D eigenvalue weighted by Gasteiger charge is 2.11. The lowest BCUT2D eigenvalue weighted by atomic mass is 10.3. The molecule has 1 heterocycles. The Balaban J connectivity index is 3.06. The van der Waals surface area contributed by atoms with Crippen molar-refractivity contribution in [3.63, 3.8) is 0 Å². The molecule has 0 unspecified atom stereocenters. The number of hydrogen-bond donors (Lipinski definition) is 2. The number of methoxy groups -OCH3 is 1. The smallest absolute Gasteiger partial charge is 0.331 e. The molecule has 0 radical (unpaired) electrons. The molecule has 1 aromatic rings. The van der Waals surface area contributed by atoms with Crippen LogP contribution in [0.3, 0.4) is 0 Å². The lowest BCUT2D eigenvalue weighted by Crippen LogP contribution is -2.31. The molecule has 1 rings (SSSR count). The molecular weight excluding hydrogens is 216 g/mol. The summed E-state index contributed by atoms with van der Waals surface area (Å²) in [7, 11) is 1.23. The zero-order chi connectivity index (χ0) is 12.3. The molecule has 0 atom stereocenters. The molecule has 0 aliphatic heterocycles. The second-order valence-corrected chi connectivity index (χ2v) is 3.19. The molecule has 7 heteroatoms. The number of hydrogen-bond acceptors (Lipinski definition) is 5. The number of aromatic nitrogens is 2. The summed E-state index contributed by atoms with van der Waals surface area (Å²) in [5.74, 6) is -0.937. The van der Waals surface area contributed by atoms with Crippen molar-refractivity contribution in [3.8, 4) is 5.88 Å². The fourth-order valence-electron chi connectivity index (χ4n) is 1.17. The average molecular weight is 228 g/mol. The molecule has 0 aliphatic carbocycles. The van der Waals surface area contributed by atoms with Crippen LogP contribution in [0.15, 0.2) is 9.59 Å². The fourth-order valence-corrected chi connectivity index (χ4v) is 1.17. The molecule has 2 N–H and O–H groups in total. The van der Waals surface area contributed by atoms with Crippen LogP contribution in [0.1, 0.15) is 12.0 Å². The van der Waals surface area contributed by atoms with Gasteiger partial charge in [-0.1, -0.05) is 0 Å². The summed E-state index contributed by atoms with van der Waals surface area (Å²) in [5, 5.41) is 9.54. The van der Waals surface area contributed by atoms with Gasteiger partial charge in [0.2, 0.25) is 5.88 Å². The van der Waals surface area contributed by atoms with Crippen molar-refractivity contribution in [2.45, 2.75) is 19.9 Å². The van der Waals surface area contributed by atoms with Crippen LogP contribution in [0.2, 0.25) is 0 Å². The first-order valence-corrected chi connectivity index (χ1v) is 4.57. The van der Waals surface area contributed by atoms with Gasteiger partial charge in [0, 0.05) is 6.54 Å². The maximum Gasteiger partial charge on any atom is 0.331 e. The van der Waals surface area contributed by atoms with E-state index in [-0.39, 0.29) is 18.5 Å². The third-order valence-electron chi connectivity index (χ3n) is 2.16. The predicted molar refractivity (Wildman–Crippen MR) is 54.4 cm³/mol. The number of H-pyrrole nitrogens is 1. The van der Waals surface area contributed by atoms with E-state index in [2.05, 4.69) is 4.74 Å². The van der Waals surface area contributed by atoms with Crippen LogP contribution in [-0.4, -0.2) is 27.7 Å². The summed E-state index contributed by atoms with van der Waals surface area (Å²) in [6.07, 6.45) is -0.0601. The first-order valence-electron chi connectivity index (χ1n) is 4.57. The molecule has 0 bridgehead atoms. The van der Waals surface area contributed by atoms with Crippen LogP contribution in [0.5, 0.6) is 5.88 Å². The van der Waals surface area contributed by atoms with Crippen molar-refractivity contribution >= 4 is 5.97 Å². The molecule has 7 nitrogen and oxygen atoms in total. The average Bonchev–Trinajstić information content (AvgIpc) is 2.25. The molecule has 0 amide bonds. The predicted octanol–water partition coefficient (Wildman–Crippen LogP) is -0.886. The Morgan fingerprint density at radius 3 is 2.69 bits per heavy atom. The molecule has 0 fully saturated rings. The SMILES string of the molecule is COC(=O)CCn1c(O)c(C)c(=O)[nH]c1=O. The summed E-state index contributed by atoms with van der Waals surface area (Å²) in [6.45, 7) is 1.33. The van der Waals surface area contributed by atoms with Gasteiger partial charge in [-0.15, -0.1) is 0 Å². The largest absolute Gasteiger partial charge is 0.494 e. The Bertz CT molecular complexity index is 514. The Morgan fingerprint density at radius 1 is 1.50 bits per heavy atom. The third-order valence-corrected chi connectivity index (χ3v) is 2.16. The van der Waals surface area contributed by atoms with Gasteiger partial charge in [-0.05, 0) is 6.92 Å². The standard InChI is InChI=1S/C9H12N2O5/c1-5-7(13)10-9(15)11(8(5)14)4-3-6(12)16-2/h14H,3-4H2,1-2H3,(H,10,13,15). The maximum atomic E-state index is 11.3. The Labute approximate surface area is 90.3 Å². The van der Waals surface area contributed by atoms with Crippen molar-refractivity contribution < 1.29 is 14.6 Å². The van der Waals surface area contributed by atoms with E-state index in [4.69, 9.17) is 0 Å². The first kappa shape index (κ1) is 12.0. The van der Waals surface area contributed by atoms with Gasteiger partial charge in [0.25, 0.3) is 5.56 Å².